The Morgan fingerprint density at radius 3 is 1.59 bits per heavy atom. The summed E-state index contributed by atoms with van der Waals surface area (Å²) >= 11 is 0. The molecule has 0 saturated carbocycles. The summed E-state index contributed by atoms with van der Waals surface area (Å²) in [5.74, 6) is 0.229. The van der Waals surface area contributed by atoms with Crippen LogP contribution in [0.25, 0.3) is 0 Å². The lowest BCUT2D eigenvalue weighted by molar-refractivity contribution is -0.368. The molecule has 0 spiro atoms. The van der Waals surface area contributed by atoms with Crippen molar-refractivity contribution < 1.29 is 47.8 Å². The van der Waals surface area contributed by atoms with Crippen molar-refractivity contribution in [3.8, 4) is 23.0 Å². The number of nitrogens with zero attached hydrogens (tertiary/aromatic N) is 1. The van der Waals surface area contributed by atoms with E-state index in [9.17, 15) is 13.2 Å². The number of alkyl halides is 3. The number of aliphatic carboxylic acids is 1. The second kappa shape index (κ2) is 14.2. The van der Waals surface area contributed by atoms with Crippen LogP contribution < -0.4 is 29.8 Å². The zero-order chi connectivity index (χ0) is 25.7. The maximum absolute atomic E-state index is 10.5. The number of rotatable bonds is 11. The molecule has 0 aliphatic heterocycles. The summed E-state index contributed by atoms with van der Waals surface area (Å²) in [5.41, 5.74) is 6.22. The van der Waals surface area contributed by atoms with Crippen LogP contribution in [0.3, 0.4) is 0 Å². The van der Waals surface area contributed by atoms with Crippen LogP contribution in [-0.2, 0) is 17.9 Å². The predicted molar refractivity (Wildman–Crippen MR) is 117 cm³/mol. The van der Waals surface area contributed by atoms with Crippen LogP contribution in [0.1, 0.15) is 17.5 Å². The van der Waals surface area contributed by atoms with Crippen LogP contribution in [-0.4, -0.2) is 58.6 Å². The number of benzene rings is 2. The Labute approximate surface area is 197 Å². The third-order valence-corrected chi connectivity index (χ3v) is 4.73. The fraction of sp³-hybridized carbons (Fsp3) is 0.435. The van der Waals surface area contributed by atoms with Crippen LogP contribution in [0.2, 0.25) is 0 Å². The van der Waals surface area contributed by atoms with Gasteiger partial charge < -0.3 is 34.6 Å². The number of quaternary nitrogens is 1. The Hall–Kier alpha value is -3.18. The van der Waals surface area contributed by atoms with E-state index in [0.29, 0.717) is 0 Å². The van der Waals surface area contributed by atoms with Gasteiger partial charge in [-0.2, -0.15) is 13.2 Å². The Morgan fingerprint density at radius 2 is 1.29 bits per heavy atom. The number of carbonyl (C=O) groups excluding carboxylic acids is 1. The summed E-state index contributed by atoms with van der Waals surface area (Å²) in [5, 5.41) is 8.78. The molecule has 0 atom stereocenters. The third kappa shape index (κ3) is 9.36. The Kier molecular flexibility index (Phi) is 12.0. The number of halogens is 3. The highest BCUT2D eigenvalue weighted by molar-refractivity contribution is 5.70. The number of hydrogen-bond donors (Lipinski definition) is 1. The van der Waals surface area contributed by atoms with Crippen molar-refractivity contribution in [1.82, 2.24) is 4.90 Å². The summed E-state index contributed by atoms with van der Waals surface area (Å²) in [6, 6.07) is 11.9. The van der Waals surface area contributed by atoms with Crippen molar-refractivity contribution in [2.45, 2.75) is 25.7 Å². The number of carbonyl (C=O) groups is 1. The highest BCUT2D eigenvalue weighted by Crippen LogP contribution is 2.29. The molecule has 190 valence electrons. The number of methoxy groups -OCH3 is 4. The van der Waals surface area contributed by atoms with Gasteiger partial charge in [-0.1, -0.05) is 12.1 Å². The van der Waals surface area contributed by atoms with Crippen molar-refractivity contribution in [2.75, 3.05) is 41.5 Å². The van der Waals surface area contributed by atoms with Gasteiger partial charge in [-0.15, -0.1) is 0 Å². The first-order valence-corrected chi connectivity index (χ1v) is 10.3. The largest absolute Gasteiger partial charge is 0.542 e. The molecule has 8 nitrogen and oxygen atoms in total. The molecule has 0 unspecified atom stereocenters. The standard InChI is InChI=1S/C21H30N2O4.C2HF3O2/c1-24-18-8-6-16(20(12-18)26-3)14-23(11-5-10-22)15-17-7-9-19(25-2)13-21(17)27-4;3-2(4,5)1(6)7/h6-9,12-13H,5,10-11,14-15,22H2,1-4H3;(H,6,7). The molecule has 2 aromatic rings. The van der Waals surface area contributed by atoms with Crippen LogP contribution >= 0.6 is 0 Å². The quantitative estimate of drug-likeness (QED) is 0.513. The van der Waals surface area contributed by atoms with Crippen LogP contribution in [0.4, 0.5) is 13.2 Å². The smallest absolute Gasteiger partial charge is 0.430 e. The summed E-state index contributed by atoms with van der Waals surface area (Å²) in [7, 11) is 6.69. The molecule has 0 aliphatic carbocycles. The molecule has 0 fully saturated rings. The average Bonchev–Trinajstić information content (AvgIpc) is 2.82. The maximum Gasteiger partial charge on any atom is 0.430 e. The van der Waals surface area contributed by atoms with E-state index in [2.05, 4.69) is 22.8 Å². The minimum absolute atomic E-state index is 0.766. The second-order valence-electron chi connectivity index (χ2n) is 7.06. The molecule has 2 rings (SSSR count). The van der Waals surface area contributed by atoms with Crippen LogP contribution in [0, 0.1) is 0 Å². The molecular weight excluding hydrogens is 457 g/mol. The van der Waals surface area contributed by atoms with Gasteiger partial charge in [0.15, 0.2) is 0 Å². The summed E-state index contributed by atoms with van der Waals surface area (Å²) in [6.45, 7) is 3.37. The zero-order valence-electron chi connectivity index (χ0n) is 19.7. The summed E-state index contributed by atoms with van der Waals surface area (Å²) < 4.78 is 53.3. The van der Waals surface area contributed by atoms with Crippen molar-refractivity contribution >= 4 is 5.97 Å². The lowest BCUT2D eigenvalue weighted by atomic mass is 10.1. The Bertz CT molecular complexity index is 851. The Morgan fingerprint density at radius 1 is 0.882 bits per heavy atom. The molecule has 34 heavy (non-hydrogen) atoms. The second-order valence-corrected chi connectivity index (χ2v) is 7.06. The highest BCUT2D eigenvalue weighted by Gasteiger charge is 2.28. The number of ether oxygens (including phenoxy) is 4. The van der Waals surface area contributed by atoms with Gasteiger partial charge in [0, 0.05) is 49.3 Å². The van der Waals surface area contributed by atoms with Crippen LogP contribution in [0.5, 0.6) is 23.0 Å². The first-order chi connectivity index (χ1) is 16.1. The number of carboxylic acids is 1. The molecule has 0 aliphatic rings. The fourth-order valence-corrected chi connectivity index (χ4v) is 3.00. The van der Waals surface area contributed by atoms with E-state index >= 15 is 0 Å². The Balaban J connectivity index is 0.000000718. The third-order valence-electron chi connectivity index (χ3n) is 4.73. The zero-order valence-corrected chi connectivity index (χ0v) is 19.7. The molecule has 0 bridgehead atoms. The lowest BCUT2D eigenvalue weighted by Gasteiger charge is -2.24. The molecular formula is C23H31F3N2O6. The fourth-order valence-electron chi connectivity index (χ4n) is 3.00. The van der Waals surface area contributed by atoms with E-state index in [1.807, 2.05) is 24.3 Å². The van der Waals surface area contributed by atoms with Gasteiger partial charge in [0.05, 0.1) is 35.0 Å². The number of carboxylic acid groups (broad SMARTS) is 1. The minimum Gasteiger partial charge on any atom is -0.542 e. The maximum atomic E-state index is 10.5. The summed E-state index contributed by atoms with van der Waals surface area (Å²) in [4.78, 5) is 11.2. The van der Waals surface area contributed by atoms with Crippen molar-refractivity contribution in [2.24, 2.45) is 0 Å². The molecule has 2 aromatic carbocycles. The highest BCUT2D eigenvalue weighted by atomic mass is 19.4. The molecule has 11 heteroatoms. The first-order valence-electron chi connectivity index (χ1n) is 10.3. The van der Waals surface area contributed by atoms with E-state index in [0.717, 1.165) is 66.7 Å². The molecule has 0 amide bonds. The van der Waals surface area contributed by atoms with E-state index in [4.69, 9.17) is 28.8 Å². The van der Waals surface area contributed by atoms with Gasteiger partial charge in [-0.05, 0) is 12.1 Å². The van der Waals surface area contributed by atoms with E-state index in [1.54, 1.807) is 28.4 Å². The average molecular weight is 489 g/mol. The van der Waals surface area contributed by atoms with Gasteiger partial charge in [-0.25, -0.2) is 0 Å². The van der Waals surface area contributed by atoms with Crippen molar-refractivity contribution in [3.63, 3.8) is 0 Å². The molecule has 0 heterocycles. The monoisotopic (exact) mass is 488 g/mol. The summed E-state index contributed by atoms with van der Waals surface area (Å²) in [6.07, 6.45) is -4.17. The van der Waals surface area contributed by atoms with Crippen molar-refractivity contribution in [3.05, 3.63) is 47.5 Å². The lowest BCUT2D eigenvalue weighted by Crippen LogP contribution is -2.51. The first kappa shape index (κ1) is 28.9. The van der Waals surface area contributed by atoms with Gasteiger partial charge in [0.1, 0.15) is 29.0 Å². The van der Waals surface area contributed by atoms with Gasteiger partial charge in [0.2, 0.25) is 0 Å². The SMILES string of the molecule is COc1ccc(CN(CCC[NH3+])Cc2ccc(OC)cc2OC)c(OC)c1.O=C([O-])C(F)(F)F. The molecule has 0 aromatic heterocycles. The topological polar surface area (TPSA) is 108 Å². The van der Waals surface area contributed by atoms with E-state index in [1.165, 1.54) is 0 Å². The van der Waals surface area contributed by atoms with Gasteiger partial charge >= 0.3 is 6.18 Å². The molecule has 3 N–H and O–H groups in total. The molecule has 0 saturated heterocycles. The van der Waals surface area contributed by atoms with E-state index in [-0.39, 0.29) is 0 Å². The predicted octanol–water partition coefficient (Wildman–Crippen LogP) is 1.65. The van der Waals surface area contributed by atoms with Gasteiger partial charge in [-0.3, -0.25) is 4.90 Å². The van der Waals surface area contributed by atoms with E-state index < -0.39 is 12.1 Å². The normalized spacial score (nSPS) is 10.9. The van der Waals surface area contributed by atoms with Crippen LogP contribution in [0.15, 0.2) is 36.4 Å². The molecule has 0 radical (unpaired) electrons. The van der Waals surface area contributed by atoms with Gasteiger partial charge in [0.25, 0.3) is 0 Å². The minimum atomic E-state index is -5.19. The van der Waals surface area contributed by atoms with Crippen molar-refractivity contribution in [1.29, 1.82) is 0 Å². The number of hydrogen-bond acceptors (Lipinski definition) is 7.